The van der Waals surface area contributed by atoms with Crippen molar-refractivity contribution in [3.63, 3.8) is 0 Å². The first kappa shape index (κ1) is 14.6. The van der Waals surface area contributed by atoms with Crippen LogP contribution in [0, 0.1) is 0 Å². The highest BCUT2D eigenvalue weighted by molar-refractivity contribution is 7.12. The average Bonchev–Trinajstić information content (AvgIpc) is 2.91. The number of alkyl halides is 3. The van der Waals surface area contributed by atoms with Gasteiger partial charge in [0.1, 0.15) is 0 Å². The summed E-state index contributed by atoms with van der Waals surface area (Å²) >= 11 is 1.27. The molecule has 0 aliphatic rings. The molecule has 6 heteroatoms. The summed E-state index contributed by atoms with van der Waals surface area (Å²) < 4.78 is 38.6. The number of halogens is 3. The number of amides is 1. The Kier molecular flexibility index (Phi) is 4.13. The van der Waals surface area contributed by atoms with Gasteiger partial charge in [0, 0.05) is 13.6 Å². The highest BCUT2D eigenvalue weighted by Gasteiger charge is 2.33. The normalized spacial score (nSPS) is 11.4. The highest BCUT2D eigenvalue weighted by Crippen LogP contribution is 2.32. The van der Waals surface area contributed by atoms with Gasteiger partial charge in [0.15, 0.2) is 0 Å². The molecular formula is C14H12F3NOS. The molecule has 0 radical (unpaired) electrons. The zero-order valence-electron chi connectivity index (χ0n) is 10.6. The van der Waals surface area contributed by atoms with Crippen LogP contribution in [0.25, 0.3) is 0 Å². The molecule has 0 saturated carbocycles. The van der Waals surface area contributed by atoms with E-state index in [9.17, 15) is 18.0 Å². The van der Waals surface area contributed by atoms with Crippen LogP contribution in [-0.4, -0.2) is 17.9 Å². The van der Waals surface area contributed by atoms with E-state index in [2.05, 4.69) is 0 Å². The molecule has 0 unspecified atom stereocenters. The predicted octanol–water partition coefficient (Wildman–Crippen LogP) is 4.04. The number of carbonyl (C=O) groups excluding carboxylic acids is 1. The van der Waals surface area contributed by atoms with E-state index in [0.29, 0.717) is 4.88 Å². The van der Waals surface area contributed by atoms with Crippen molar-refractivity contribution < 1.29 is 18.0 Å². The lowest BCUT2D eigenvalue weighted by Gasteiger charge is -2.19. The van der Waals surface area contributed by atoms with Crippen LogP contribution in [0.2, 0.25) is 0 Å². The number of carbonyl (C=O) groups is 1. The molecule has 0 aliphatic heterocycles. The fourth-order valence-corrected chi connectivity index (χ4v) is 2.57. The van der Waals surface area contributed by atoms with E-state index in [0.717, 1.165) is 6.07 Å². The second-order valence-electron chi connectivity index (χ2n) is 4.29. The summed E-state index contributed by atoms with van der Waals surface area (Å²) in [5.41, 5.74) is -0.613. The molecule has 1 aromatic carbocycles. The number of benzene rings is 1. The van der Waals surface area contributed by atoms with Gasteiger partial charge < -0.3 is 4.90 Å². The van der Waals surface area contributed by atoms with E-state index in [1.54, 1.807) is 17.5 Å². The summed E-state index contributed by atoms with van der Waals surface area (Å²) in [6, 6.07) is 8.68. The van der Waals surface area contributed by atoms with Crippen LogP contribution in [-0.2, 0) is 12.7 Å². The lowest BCUT2D eigenvalue weighted by molar-refractivity contribution is -0.138. The van der Waals surface area contributed by atoms with E-state index in [4.69, 9.17) is 0 Å². The Hall–Kier alpha value is -1.82. The summed E-state index contributed by atoms with van der Waals surface area (Å²) in [7, 11) is 1.50. The summed E-state index contributed by atoms with van der Waals surface area (Å²) in [4.78, 5) is 13.8. The molecule has 0 saturated heterocycles. The van der Waals surface area contributed by atoms with Crippen LogP contribution < -0.4 is 0 Å². The largest absolute Gasteiger partial charge is 0.416 e. The van der Waals surface area contributed by atoms with Crippen molar-refractivity contribution in [1.29, 1.82) is 0 Å². The van der Waals surface area contributed by atoms with Crippen molar-refractivity contribution in [3.8, 4) is 0 Å². The van der Waals surface area contributed by atoms with Gasteiger partial charge in [-0.1, -0.05) is 24.3 Å². The van der Waals surface area contributed by atoms with E-state index in [1.165, 1.54) is 41.5 Å². The second-order valence-corrected chi connectivity index (χ2v) is 5.24. The third-order valence-electron chi connectivity index (χ3n) is 2.81. The van der Waals surface area contributed by atoms with Gasteiger partial charge in [-0.25, -0.2) is 0 Å². The van der Waals surface area contributed by atoms with Crippen molar-refractivity contribution in [2.24, 2.45) is 0 Å². The van der Waals surface area contributed by atoms with Gasteiger partial charge in [0.2, 0.25) is 0 Å². The minimum atomic E-state index is -4.41. The highest BCUT2D eigenvalue weighted by atomic mass is 32.1. The van der Waals surface area contributed by atoms with Crippen LogP contribution in [0.4, 0.5) is 13.2 Å². The van der Waals surface area contributed by atoms with Crippen molar-refractivity contribution in [2.45, 2.75) is 12.7 Å². The Balaban J connectivity index is 2.20. The van der Waals surface area contributed by atoms with Crippen LogP contribution >= 0.6 is 11.3 Å². The molecule has 1 heterocycles. The van der Waals surface area contributed by atoms with Crippen LogP contribution in [0.1, 0.15) is 20.8 Å². The summed E-state index contributed by atoms with van der Waals surface area (Å²) in [5.74, 6) is -0.281. The van der Waals surface area contributed by atoms with Crippen molar-refractivity contribution in [1.82, 2.24) is 4.90 Å². The number of rotatable bonds is 3. The molecule has 2 rings (SSSR count). The van der Waals surface area contributed by atoms with Crippen LogP contribution in [0.3, 0.4) is 0 Å². The van der Waals surface area contributed by atoms with Gasteiger partial charge in [0.05, 0.1) is 10.4 Å². The molecule has 0 aliphatic carbocycles. The quantitative estimate of drug-likeness (QED) is 0.837. The molecule has 1 amide bonds. The molecule has 20 heavy (non-hydrogen) atoms. The fraction of sp³-hybridized carbons (Fsp3) is 0.214. The standard InChI is InChI=1S/C14H12F3NOS/c1-18(13(19)12-7-4-8-20-12)9-10-5-2-3-6-11(10)14(15,16)17/h2-8H,9H2,1H3. The molecule has 2 nitrogen and oxygen atoms in total. The van der Waals surface area contributed by atoms with E-state index in [-0.39, 0.29) is 18.0 Å². The monoisotopic (exact) mass is 299 g/mol. The Morgan fingerprint density at radius 1 is 1.20 bits per heavy atom. The Morgan fingerprint density at radius 3 is 2.50 bits per heavy atom. The minimum absolute atomic E-state index is 0.0770. The second kappa shape index (κ2) is 5.66. The van der Waals surface area contributed by atoms with E-state index < -0.39 is 11.7 Å². The maximum atomic E-state index is 12.9. The van der Waals surface area contributed by atoms with Crippen molar-refractivity contribution in [2.75, 3.05) is 7.05 Å². The first-order chi connectivity index (χ1) is 9.39. The van der Waals surface area contributed by atoms with Gasteiger partial charge in [-0.3, -0.25) is 4.79 Å². The molecule has 106 valence electrons. The molecule has 0 N–H and O–H groups in total. The number of nitrogens with zero attached hydrogens (tertiary/aromatic N) is 1. The molecule has 0 fully saturated rings. The van der Waals surface area contributed by atoms with Gasteiger partial charge in [0.25, 0.3) is 5.91 Å². The molecule has 2 aromatic rings. The average molecular weight is 299 g/mol. The summed E-state index contributed by atoms with van der Waals surface area (Å²) in [6.07, 6.45) is -4.41. The topological polar surface area (TPSA) is 20.3 Å². The maximum absolute atomic E-state index is 12.9. The van der Waals surface area contributed by atoms with Gasteiger partial charge in [-0.05, 0) is 23.1 Å². The molecule has 0 spiro atoms. The van der Waals surface area contributed by atoms with Crippen molar-refractivity contribution >= 4 is 17.2 Å². The van der Waals surface area contributed by atoms with E-state index >= 15 is 0 Å². The van der Waals surface area contributed by atoms with Gasteiger partial charge in [-0.15, -0.1) is 11.3 Å². The lowest BCUT2D eigenvalue weighted by Crippen LogP contribution is -2.26. The van der Waals surface area contributed by atoms with Crippen LogP contribution in [0.5, 0.6) is 0 Å². The molecule has 1 aromatic heterocycles. The lowest BCUT2D eigenvalue weighted by atomic mass is 10.1. The third-order valence-corrected chi connectivity index (χ3v) is 3.67. The third kappa shape index (κ3) is 3.19. The maximum Gasteiger partial charge on any atom is 0.416 e. The SMILES string of the molecule is CN(Cc1ccccc1C(F)(F)F)C(=O)c1cccs1. The zero-order valence-corrected chi connectivity index (χ0v) is 11.5. The van der Waals surface area contributed by atoms with Gasteiger partial charge >= 0.3 is 6.18 Å². The summed E-state index contributed by atoms with van der Waals surface area (Å²) in [5, 5.41) is 1.75. The number of hydrogen-bond donors (Lipinski definition) is 0. The molecule has 0 atom stereocenters. The number of thiophene rings is 1. The molecule has 0 bridgehead atoms. The Labute approximate surface area is 118 Å². The molecular weight excluding hydrogens is 287 g/mol. The van der Waals surface area contributed by atoms with Gasteiger partial charge in [-0.2, -0.15) is 13.2 Å². The Morgan fingerprint density at radius 2 is 1.90 bits per heavy atom. The first-order valence-electron chi connectivity index (χ1n) is 5.83. The van der Waals surface area contributed by atoms with Crippen molar-refractivity contribution in [3.05, 3.63) is 57.8 Å². The van der Waals surface area contributed by atoms with E-state index in [1.807, 2.05) is 0 Å². The summed E-state index contributed by atoms with van der Waals surface area (Å²) in [6.45, 7) is -0.0770. The fourth-order valence-electron chi connectivity index (χ4n) is 1.85. The first-order valence-corrected chi connectivity index (χ1v) is 6.71. The van der Waals surface area contributed by atoms with Crippen LogP contribution in [0.15, 0.2) is 41.8 Å². The Bertz CT molecular complexity index is 593. The smallest absolute Gasteiger partial charge is 0.337 e. The predicted molar refractivity (Wildman–Crippen MR) is 71.6 cm³/mol. The number of hydrogen-bond acceptors (Lipinski definition) is 2. The zero-order chi connectivity index (χ0) is 14.8. The minimum Gasteiger partial charge on any atom is -0.337 e.